The predicted octanol–water partition coefficient (Wildman–Crippen LogP) is 6.48. The molecule has 0 bridgehead atoms. The summed E-state index contributed by atoms with van der Waals surface area (Å²) < 4.78 is 17.2. The van der Waals surface area contributed by atoms with E-state index in [0.717, 1.165) is 13.0 Å². The highest BCUT2D eigenvalue weighted by atomic mass is 16.7. The minimum absolute atomic E-state index is 0.0587. The number of aliphatic carboxylic acids is 1. The van der Waals surface area contributed by atoms with Crippen LogP contribution in [0.15, 0.2) is 0 Å². The number of carbonyl (C=O) groups is 1. The molecule has 1 saturated heterocycles. The van der Waals surface area contributed by atoms with Gasteiger partial charge >= 0.3 is 5.97 Å². The fraction of sp³-hybridized carbons (Fsp3) is 0.958. The molecule has 172 valence electrons. The van der Waals surface area contributed by atoms with Gasteiger partial charge in [-0.15, -0.1) is 0 Å². The Hall–Kier alpha value is -0.650. The van der Waals surface area contributed by atoms with E-state index in [0.29, 0.717) is 19.6 Å². The molecular weight excluding hydrogens is 368 g/mol. The standard InChI is InChI=1S/C24H46O5/c1-3-4-5-6-7-8-9-10-11-12-13-14-15-16-19-27-20-22-21-28-24(2,29-22)18-17-23(25)26/h22H,3-21H2,1-2H3,(H,25,26). The van der Waals surface area contributed by atoms with Crippen molar-refractivity contribution >= 4 is 5.97 Å². The highest BCUT2D eigenvalue weighted by Crippen LogP contribution is 2.28. The Balaban J connectivity index is 1.80. The average molecular weight is 415 g/mol. The minimum Gasteiger partial charge on any atom is -0.481 e. The van der Waals surface area contributed by atoms with Crippen LogP contribution in [0.4, 0.5) is 0 Å². The molecule has 1 heterocycles. The number of carboxylic acid groups (broad SMARTS) is 1. The molecule has 5 nitrogen and oxygen atoms in total. The minimum atomic E-state index is -0.823. The monoisotopic (exact) mass is 414 g/mol. The molecule has 0 aromatic rings. The molecule has 1 aliphatic rings. The van der Waals surface area contributed by atoms with Gasteiger partial charge in [0.15, 0.2) is 5.79 Å². The number of rotatable bonds is 20. The van der Waals surface area contributed by atoms with Gasteiger partial charge in [-0.2, -0.15) is 0 Å². The van der Waals surface area contributed by atoms with E-state index in [-0.39, 0.29) is 12.5 Å². The summed E-state index contributed by atoms with van der Waals surface area (Å²) in [5, 5.41) is 8.78. The van der Waals surface area contributed by atoms with E-state index < -0.39 is 11.8 Å². The Morgan fingerprint density at radius 3 is 1.97 bits per heavy atom. The lowest BCUT2D eigenvalue weighted by molar-refractivity contribution is -0.170. The zero-order valence-corrected chi connectivity index (χ0v) is 19.1. The van der Waals surface area contributed by atoms with Crippen molar-refractivity contribution in [3.05, 3.63) is 0 Å². The number of ether oxygens (including phenoxy) is 3. The number of carboxylic acids is 1. The van der Waals surface area contributed by atoms with Crippen LogP contribution in [-0.4, -0.2) is 42.8 Å². The fourth-order valence-electron chi connectivity index (χ4n) is 3.85. The van der Waals surface area contributed by atoms with E-state index in [1.54, 1.807) is 0 Å². The first-order valence-electron chi connectivity index (χ1n) is 12.2. The van der Waals surface area contributed by atoms with Gasteiger partial charge in [-0.3, -0.25) is 4.79 Å². The van der Waals surface area contributed by atoms with E-state index in [1.165, 1.54) is 83.5 Å². The molecule has 0 aromatic heterocycles. The molecule has 1 rings (SSSR count). The smallest absolute Gasteiger partial charge is 0.303 e. The van der Waals surface area contributed by atoms with Crippen LogP contribution in [0.5, 0.6) is 0 Å². The number of unbranched alkanes of at least 4 members (excludes halogenated alkanes) is 13. The molecule has 0 radical (unpaired) electrons. The molecule has 2 atom stereocenters. The molecule has 0 spiro atoms. The second-order valence-electron chi connectivity index (χ2n) is 8.75. The van der Waals surface area contributed by atoms with Crippen LogP contribution in [0.1, 0.15) is 117 Å². The second kappa shape index (κ2) is 17.1. The van der Waals surface area contributed by atoms with Gasteiger partial charge in [0, 0.05) is 13.0 Å². The van der Waals surface area contributed by atoms with E-state index in [2.05, 4.69) is 6.92 Å². The van der Waals surface area contributed by atoms with Crippen molar-refractivity contribution in [3.8, 4) is 0 Å². The van der Waals surface area contributed by atoms with Gasteiger partial charge in [0.2, 0.25) is 0 Å². The normalized spacial score (nSPS) is 21.7. The Bertz CT molecular complexity index is 401. The van der Waals surface area contributed by atoms with E-state index in [4.69, 9.17) is 19.3 Å². The van der Waals surface area contributed by atoms with Crippen molar-refractivity contribution in [2.75, 3.05) is 19.8 Å². The van der Waals surface area contributed by atoms with E-state index in [9.17, 15) is 4.79 Å². The Morgan fingerprint density at radius 1 is 0.931 bits per heavy atom. The fourth-order valence-corrected chi connectivity index (χ4v) is 3.85. The second-order valence-corrected chi connectivity index (χ2v) is 8.75. The number of hydrogen-bond acceptors (Lipinski definition) is 4. The maximum absolute atomic E-state index is 10.7. The summed E-state index contributed by atoms with van der Waals surface area (Å²) in [6.45, 7) is 5.86. The SMILES string of the molecule is CCCCCCCCCCCCCCCCOCC1COC(C)(CCC(=O)O)O1. The molecule has 0 aliphatic carbocycles. The largest absolute Gasteiger partial charge is 0.481 e. The predicted molar refractivity (Wildman–Crippen MR) is 117 cm³/mol. The Kier molecular flexibility index (Phi) is 15.5. The van der Waals surface area contributed by atoms with Crippen molar-refractivity contribution in [2.24, 2.45) is 0 Å². The summed E-state index contributed by atoms with van der Waals surface area (Å²) in [5.74, 6) is -1.60. The van der Waals surface area contributed by atoms with Crippen LogP contribution in [0.3, 0.4) is 0 Å². The van der Waals surface area contributed by atoms with Crippen molar-refractivity contribution < 1.29 is 24.1 Å². The molecule has 1 aliphatic heterocycles. The first-order chi connectivity index (χ1) is 14.1. The summed E-state index contributed by atoms with van der Waals surface area (Å²) in [6.07, 6.45) is 19.4. The molecule has 1 fully saturated rings. The average Bonchev–Trinajstić information content (AvgIpc) is 3.07. The first-order valence-corrected chi connectivity index (χ1v) is 12.2. The van der Waals surface area contributed by atoms with Crippen molar-refractivity contribution in [2.45, 2.75) is 128 Å². The first kappa shape index (κ1) is 26.4. The molecule has 2 unspecified atom stereocenters. The maximum atomic E-state index is 10.7. The van der Waals surface area contributed by atoms with Crippen LogP contribution in [0.25, 0.3) is 0 Å². The zero-order chi connectivity index (χ0) is 21.2. The Labute approximate surface area is 178 Å². The quantitative estimate of drug-likeness (QED) is 0.231. The molecular formula is C24H46O5. The van der Waals surface area contributed by atoms with Gasteiger partial charge in [-0.25, -0.2) is 0 Å². The molecule has 1 N–H and O–H groups in total. The third-order valence-electron chi connectivity index (χ3n) is 5.73. The maximum Gasteiger partial charge on any atom is 0.303 e. The lowest BCUT2D eigenvalue weighted by Gasteiger charge is -2.22. The van der Waals surface area contributed by atoms with E-state index in [1.807, 2.05) is 6.92 Å². The van der Waals surface area contributed by atoms with Gasteiger partial charge in [-0.05, 0) is 13.3 Å². The van der Waals surface area contributed by atoms with Crippen LogP contribution < -0.4 is 0 Å². The van der Waals surface area contributed by atoms with Crippen LogP contribution in [-0.2, 0) is 19.0 Å². The molecule has 0 saturated carbocycles. The molecule has 0 aromatic carbocycles. The van der Waals surface area contributed by atoms with Crippen LogP contribution in [0, 0.1) is 0 Å². The third kappa shape index (κ3) is 14.9. The zero-order valence-electron chi connectivity index (χ0n) is 19.1. The van der Waals surface area contributed by atoms with Crippen LogP contribution in [0.2, 0.25) is 0 Å². The highest BCUT2D eigenvalue weighted by Gasteiger charge is 2.37. The molecule has 5 heteroatoms. The van der Waals surface area contributed by atoms with Gasteiger partial charge in [0.1, 0.15) is 6.10 Å². The van der Waals surface area contributed by atoms with Gasteiger partial charge in [0.25, 0.3) is 0 Å². The summed E-state index contributed by atoms with van der Waals surface area (Å²) in [4.78, 5) is 10.7. The lowest BCUT2D eigenvalue weighted by Crippen LogP contribution is -2.28. The van der Waals surface area contributed by atoms with Gasteiger partial charge in [-0.1, -0.05) is 90.4 Å². The van der Waals surface area contributed by atoms with Crippen molar-refractivity contribution in [1.29, 1.82) is 0 Å². The van der Waals surface area contributed by atoms with E-state index >= 15 is 0 Å². The molecule has 29 heavy (non-hydrogen) atoms. The number of hydrogen-bond donors (Lipinski definition) is 1. The van der Waals surface area contributed by atoms with Crippen molar-refractivity contribution in [1.82, 2.24) is 0 Å². The van der Waals surface area contributed by atoms with Crippen LogP contribution >= 0.6 is 0 Å². The summed E-state index contributed by atoms with van der Waals surface area (Å²) in [7, 11) is 0. The molecule has 0 amide bonds. The third-order valence-corrected chi connectivity index (χ3v) is 5.73. The summed E-state index contributed by atoms with van der Waals surface area (Å²) in [5.41, 5.74) is 0. The Morgan fingerprint density at radius 2 is 1.45 bits per heavy atom. The van der Waals surface area contributed by atoms with Gasteiger partial charge in [0.05, 0.1) is 19.6 Å². The summed E-state index contributed by atoms with van der Waals surface area (Å²) in [6, 6.07) is 0. The van der Waals surface area contributed by atoms with Gasteiger partial charge < -0.3 is 19.3 Å². The lowest BCUT2D eigenvalue weighted by atomic mass is 10.0. The summed E-state index contributed by atoms with van der Waals surface area (Å²) >= 11 is 0. The highest BCUT2D eigenvalue weighted by molar-refractivity contribution is 5.66. The van der Waals surface area contributed by atoms with Crippen molar-refractivity contribution in [3.63, 3.8) is 0 Å². The topological polar surface area (TPSA) is 65.0 Å².